The maximum absolute atomic E-state index is 12.7. The summed E-state index contributed by atoms with van der Waals surface area (Å²) in [6, 6.07) is 13.1. The number of aromatic amines is 1. The lowest BCUT2D eigenvalue weighted by Crippen LogP contribution is -2.51. The molecular formula is C20H21N3O3. The molecule has 1 saturated carbocycles. The fourth-order valence-corrected chi connectivity index (χ4v) is 3.63. The van der Waals surface area contributed by atoms with Crippen LogP contribution in [0.25, 0.3) is 0 Å². The highest BCUT2D eigenvalue weighted by Gasteiger charge is 2.46. The summed E-state index contributed by atoms with van der Waals surface area (Å²) in [4.78, 5) is 42.4. The Labute approximate surface area is 151 Å². The molecule has 0 bridgehead atoms. The lowest BCUT2D eigenvalue weighted by Gasteiger charge is -2.35. The van der Waals surface area contributed by atoms with Crippen LogP contribution in [-0.4, -0.2) is 52.8 Å². The topological polar surface area (TPSA) is 73.5 Å². The van der Waals surface area contributed by atoms with Gasteiger partial charge in [0.1, 0.15) is 0 Å². The van der Waals surface area contributed by atoms with Gasteiger partial charge in [-0.25, -0.2) is 0 Å². The van der Waals surface area contributed by atoms with Crippen LogP contribution >= 0.6 is 0 Å². The summed E-state index contributed by atoms with van der Waals surface area (Å²) >= 11 is 0. The quantitative estimate of drug-likeness (QED) is 0.910. The van der Waals surface area contributed by atoms with Crippen LogP contribution in [0.2, 0.25) is 0 Å². The van der Waals surface area contributed by atoms with Crippen LogP contribution in [0, 0.1) is 5.92 Å². The van der Waals surface area contributed by atoms with Gasteiger partial charge in [0.15, 0.2) is 0 Å². The van der Waals surface area contributed by atoms with Crippen LogP contribution in [0.4, 0.5) is 0 Å². The van der Waals surface area contributed by atoms with Crippen molar-refractivity contribution in [2.75, 3.05) is 26.2 Å². The van der Waals surface area contributed by atoms with Gasteiger partial charge >= 0.3 is 0 Å². The van der Waals surface area contributed by atoms with Crippen molar-refractivity contribution < 1.29 is 9.59 Å². The summed E-state index contributed by atoms with van der Waals surface area (Å²) in [5.74, 6) is 0.514. The van der Waals surface area contributed by atoms with E-state index in [-0.39, 0.29) is 23.3 Å². The largest absolute Gasteiger partial charge is 0.339 e. The Morgan fingerprint density at radius 3 is 2.27 bits per heavy atom. The zero-order chi connectivity index (χ0) is 18.1. The number of amides is 2. The molecule has 0 spiro atoms. The third-order valence-electron chi connectivity index (χ3n) is 5.25. The molecule has 2 heterocycles. The first kappa shape index (κ1) is 16.6. The molecule has 6 heteroatoms. The third-order valence-corrected chi connectivity index (χ3v) is 5.25. The van der Waals surface area contributed by atoms with E-state index in [0.717, 1.165) is 6.42 Å². The summed E-state index contributed by atoms with van der Waals surface area (Å²) in [7, 11) is 0. The van der Waals surface area contributed by atoms with Gasteiger partial charge in [-0.15, -0.1) is 0 Å². The maximum atomic E-state index is 12.7. The SMILES string of the molecule is O=C(c1ccc(=O)[nH]c1)N1CCN(C(=O)[C@@H]2C[C@H]2c2ccccc2)CC1. The highest BCUT2D eigenvalue weighted by molar-refractivity contribution is 5.94. The lowest BCUT2D eigenvalue weighted by molar-refractivity contribution is -0.134. The molecule has 2 amide bonds. The van der Waals surface area contributed by atoms with Crippen molar-refractivity contribution in [1.29, 1.82) is 0 Å². The minimum atomic E-state index is -0.227. The van der Waals surface area contributed by atoms with Gasteiger partial charge in [0.2, 0.25) is 11.5 Å². The molecule has 0 unspecified atom stereocenters. The van der Waals surface area contributed by atoms with E-state index in [0.29, 0.717) is 37.7 Å². The average molecular weight is 351 g/mol. The van der Waals surface area contributed by atoms with Crippen LogP contribution in [0.3, 0.4) is 0 Å². The number of nitrogens with zero attached hydrogens (tertiary/aromatic N) is 2. The second kappa shape index (κ2) is 6.78. The fourth-order valence-electron chi connectivity index (χ4n) is 3.63. The molecular weight excluding hydrogens is 330 g/mol. The maximum Gasteiger partial charge on any atom is 0.255 e. The summed E-state index contributed by atoms with van der Waals surface area (Å²) in [5, 5.41) is 0. The molecule has 1 aliphatic carbocycles. The monoisotopic (exact) mass is 351 g/mol. The van der Waals surface area contributed by atoms with E-state index in [1.165, 1.54) is 23.9 Å². The predicted molar refractivity (Wildman–Crippen MR) is 96.8 cm³/mol. The van der Waals surface area contributed by atoms with Crippen LogP contribution in [-0.2, 0) is 4.79 Å². The van der Waals surface area contributed by atoms with E-state index in [1.54, 1.807) is 4.90 Å². The van der Waals surface area contributed by atoms with E-state index < -0.39 is 0 Å². The normalized spacial score (nSPS) is 22.2. The van der Waals surface area contributed by atoms with Crippen molar-refractivity contribution in [1.82, 2.24) is 14.8 Å². The van der Waals surface area contributed by atoms with Gasteiger partial charge in [-0.05, 0) is 24.0 Å². The first-order chi connectivity index (χ1) is 12.6. The van der Waals surface area contributed by atoms with E-state index in [1.807, 2.05) is 23.1 Å². The van der Waals surface area contributed by atoms with Gasteiger partial charge in [0.05, 0.1) is 5.56 Å². The van der Waals surface area contributed by atoms with Gasteiger partial charge in [-0.1, -0.05) is 30.3 Å². The van der Waals surface area contributed by atoms with Crippen LogP contribution in [0.1, 0.15) is 28.3 Å². The number of aromatic nitrogens is 1. The lowest BCUT2D eigenvalue weighted by atomic mass is 10.1. The van der Waals surface area contributed by atoms with Crippen LogP contribution < -0.4 is 5.56 Å². The minimum Gasteiger partial charge on any atom is -0.339 e. The van der Waals surface area contributed by atoms with Crippen molar-refractivity contribution >= 4 is 11.8 Å². The standard InChI is InChI=1S/C20H21N3O3/c24-18-7-6-15(13-21-18)19(25)22-8-10-23(11-9-22)20(26)17-12-16(17)14-4-2-1-3-5-14/h1-7,13,16-17H,8-12H2,(H,21,24)/t16-,17+/m0/s1. The van der Waals surface area contributed by atoms with E-state index in [4.69, 9.17) is 0 Å². The van der Waals surface area contributed by atoms with E-state index in [9.17, 15) is 14.4 Å². The Hall–Kier alpha value is -2.89. The fraction of sp³-hybridized carbons (Fsp3) is 0.350. The molecule has 1 aromatic carbocycles. The first-order valence-corrected chi connectivity index (χ1v) is 8.95. The number of nitrogens with one attached hydrogen (secondary N) is 1. The van der Waals surface area contributed by atoms with E-state index >= 15 is 0 Å². The zero-order valence-electron chi connectivity index (χ0n) is 14.4. The predicted octanol–water partition coefficient (Wildman–Crippen LogP) is 1.46. The summed E-state index contributed by atoms with van der Waals surface area (Å²) in [5.41, 5.74) is 1.47. The van der Waals surface area contributed by atoms with E-state index in [2.05, 4.69) is 17.1 Å². The second-order valence-corrected chi connectivity index (χ2v) is 6.92. The second-order valence-electron chi connectivity index (χ2n) is 6.92. The molecule has 0 radical (unpaired) electrons. The Kier molecular flexibility index (Phi) is 4.32. The van der Waals surface area contributed by atoms with Crippen molar-refractivity contribution in [2.24, 2.45) is 5.92 Å². The number of piperazine rings is 1. The molecule has 2 aromatic rings. The number of pyridine rings is 1. The smallest absolute Gasteiger partial charge is 0.255 e. The zero-order valence-corrected chi connectivity index (χ0v) is 14.4. The average Bonchev–Trinajstić information content (AvgIpc) is 3.49. The van der Waals surface area contributed by atoms with Gasteiger partial charge < -0.3 is 14.8 Å². The molecule has 6 nitrogen and oxygen atoms in total. The van der Waals surface area contributed by atoms with Gasteiger partial charge in [-0.3, -0.25) is 14.4 Å². The van der Waals surface area contributed by atoms with Crippen LogP contribution in [0.15, 0.2) is 53.5 Å². The highest BCUT2D eigenvalue weighted by Crippen LogP contribution is 2.48. The minimum absolute atomic E-state index is 0.0823. The van der Waals surface area contributed by atoms with Crippen molar-refractivity contribution in [2.45, 2.75) is 12.3 Å². The molecule has 1 aromatic heterocycles. The Balaban J connectivity index is 1.32. The molecule has 1 saturated heterocycles. The number of carbonyl (C=O) groups is 2. The molecule has 1 aliphatic heterocycles. The number of H-pyrrole nitrogens is 1. The highest BCUT2D eigenvalue weighted by atomic mass is 16.2. The van der Waals surface area contributed by atoms with Crippen molar-refractivity contribution in [3.8, 4) is 0 Å². The van der Waals surface area contributed by atoms with Gasteiger partial charge in [0, 0.05) is 44.4 Å². The third kappa shape index (κ3) is 3.27. The van der Waals surface area contributed by atoms with Crippen molar-refractivity contribution in [3.63, 3.8) is 0 Å². The number of rotatable bonds is 3. The summed E-state index contributed by atoms with van der Waals surface area (Å²) in [6.45, 7) is 2.16. The molecule has 134 valence electrons. The molecule has 1 N–H and O–H groups in total. The Morgan fingerprint density at radius 2 is 1.62 bits per heavy atom. The van der Waals surface area contributed by atoms with Crippen molar-refractivity contribution in [3.05, 3.63) is 70.1 Å². The molecule has 2 aliphatic rings. The molecule has 4 rings (SSSR count). The number of carbonyl (C=O) groups excluding carboxylic acids is 2. The summed E-state index contributed by atoms with van der Waals surface area (Å²) < 4.78 is 0. The molecule has 2 fully saturated rings. The number of hydrogen-bond donors (Lipinski definition) is 1. The van der Waals surface area contributed by atoms with Gasteiger partial charge in [0.25, 0.3) is 5.91 Å². The molecule has 26 heavy (non-hydrogen) atoms. The number of hydrogen-bond acceptors (Lipinski definition) is 3. The molecule has 2 atom stereocenters. The Morgan fingerprint density at radius 1 is 0.923 bits per heavy atom. The first-order valence-electron chi connectivity index (χ1n) is 8.95. The van der Waals surface area contributed by atoms with Gasteiger partial charge in [-0.2, -0.15) is 0 Å². The van der Waals surface area contributed by atoms with Crippen LogP contribution in [0.5, 0.6) is 0 Å². The summed E-state index contributed by atoms with van der Waals surface area (Å²) in [6.07, 6.45) is 2.36. The Bertz CT molecular complexity index is 849. The number of benzene rings is 1.